The third-order valence-electron chi connectivity index (χ3n) is 6.07. The number of fused-ring (bicyclic) bond motifs is 2. The Morgan fingerprint density at radius 1 is 1.07 bits per heavy atom. The summed E-state index contributed by atoms with van der Waals surface area (Å²) in [6.07, 6.45) is 6.91. The van der Waals surface area contributed by atoms with Crippen LogP contribution in [0.4, 0.5) is 5.69 Å². The first-order valence-electron chi connectivity index (χ1n) is 10.3. The maximum absolute atomic E-state index is 13.5. The van der Waals surface area contributed by atoms with Gasteiger partial charge in [0.05, 0.1) is 5.52 Å². The molecule has 1 aromatic carbocycles. The Morgan fingerprint density at radius 2 is 1.83 bits per heavy atom. The summed E-state index contributed by atoms with van der Waals surface area (Å²) in [6, 6.07) is 13.8. The summed E-state index contributed by atoms with van der Waals surface area (Å²) in [7, 11) is 0. The molecule has 0 radical (unpaired) electrons. The van der Waals surface area contributed by atoms with E-state index in [-0.39, 0.29) is 29.7 Å². The van der Waals surface area contributed by atoms with Gasteiger partial charge in [-0.2, -0.15) is 0 Å². The highest BCUT2D eigenvalue weighted by Gasteiger charge is 2.34. The first kappa shape index (κ1) is 17.9. The predicted octanol–water partition coefficient (Wildman–Crippen LogP) is 3.60. The molecule has 29 heavy (non-hydrogen) atoms. The van der Waals surface area contributed by atoms with Gasteiger partial charge in [-0.15, -0.1) is 0 Å². The second-order valence-electron chi connectivity index (χ2n) is 8.05. The van der Waals surface area contributed by atoms with Crippen molar-refractivity contribution < 1.29 is 9.59 Å². The van der Waals surface area contributed by atoms with Crippen LogP contribution in [0.3, 0.4) is 0 Å². The Labute approximate surface area is 169 Å². The van der Waals surface area contributed by atoms with E-state index in [1.807, 2.05) is 48.2 Å². The Balaban J connectivity index is 1.54. The number of aromatic nitrogens is 2. The molecule has 1 unspecified atom stereocenters. The average Bonchev–Trinajstić information content (AvgIpc) is 3.44. The van der Waals surface area contributed by atoms with Gasteiger partial charge in [0.15, 0.2) is 5.69 Å². The molecule has 3 heterocycles. The van der Waals surface area contributed by atoms with E-state index >= 15 is 0 Å². The van der Waals surface area contributed by atoms with Crippen molar-refractivity contribution in [1.29, 1.82) is 0 Å². The molecule has 5 rings (SSSR count). The van der Waals surface area contributed by atoms with Gasteiger partial charge >= 0.3 is 0 Å². The van der Waals surface area contributed by atoms with E-state index in [0.29, 0.717) is 11.2 Å². The van der Waals surface area contributed by atoms with Crippen LogP contribution >= 0.6 is 0 Å². The molecule has 0 bridgehead atoms. The maximum atomic E-state index is 13.5. The van der Waals surface area contributed by atoms with Gasteiger partial charge in [0, 0.05) is 24.0 Å². The van der Waals surface area contributed by atoms with Gasteiger partial charge in [-0.25, -0.2) is 4.98 Å². The molecule has 3 aromatic rings. The first-order valence-corrected chi connectivity index (χ1v) is 10.3. The molecule has 1 aliphatic heterocycles. The zero-order valence-corrected chi connectivity index (χ0v) is 16.5. The number of rotatable bonds is 3. The topological polar surface area (TPSA) is 66.7 Å². The van der Waals surface area contributed by atoms with E-state index in [0.717, 1.165) is 43.4 Å². The number of anilines is 1. The van der Waals surface area contributed by atoms with Crippen LogP contribution in [-0.4, -0.2) is 33.3 Å². The molecule has 2 amide bonds. The lowest BCUT2D eigenvalue weighted by Crippen LogP contribution is -2.36. The van der Waals surface area contributed by atoms with E-state index in [1.165, 1.54) is 0 Å². The fourth-order valence-corrected chi connectivity index (χ4v) is 4.66. The van der Waals surface area contributed by atoms with Crippen molar-refractivity contribution in [3.05, 3.63) is 65.7 Å². The van der Waals surface area contributed by atoms with Crippen molar-refractivity contribution in [2.75, 3.05) is 4.90 Å². The highest BCUT2D eigenvalue weighted by atomic mass is 16.2. The molecule has 148 valence electrons. The standard InChI is InChI=1S/C23H24N4O2/c1-15-14-16-8-2-5-11-18(16)27(15)23(29)20-19-12-6-7-13-26(19)21(25-20)22(28)24-17-9-3-4-10-17/h2,5-8,11-13,15,17H,3-4,9-10,14H2,1H3,(H,24,28). The van der Waals surface area contributed by atoms with Crippen LogP contribution in [0, 0.1) is 0 Å². The number of imidazole rings is 1. The molecule has 1 atom stereocenters. The van der Waals surface area contributed by atoms with E-state index in [2.05, 4.69) is 16.4 Å². The molecule has 2 aliphatic rings. The van der Waals surface area contributed by atoms with E-state index in [9.17, 15) is 9.59 Å². The van der Waals surface area contributed by atoms with E-state index in [1.54, 1.807) is 10.6 Å². The third-order valence-corrected chi connectivity index (χ3v) is 6.07. The van der Waals surface area contributed by atoms with Crippen LogP contribution in [0.15, 0.2) is 48.7 Å². The van der Waals surface area contributed by atoms with Crippen molar-refractivity contribution in [3.8, 4) is 0 Å². The minimum absolute atomic E-state index is 0.0520. The molecule has 1 saturated carbocycles. The Kier molecular flexibility index (Phi) is 4.34. The molecule has 6 nitrogen and oxygen atoms in total. The smallest absolute Gasteiger partial charge is 0.287 e. The van der Waals surface area contributed by atoms with Crippen molar-refractivity contribution >= 4 is 23.0 Å². The molecule has 2 aromatic heterocycles. The Hall–Kier alpha value is -3.15. The lowest BCUT2D eigenvalue weighted by molar-refractivity contribution is 0.0926. The van der Waals surface area contributed by atoms with Crippen LogP contribution < -0.4 is 10.2 Å². The summed E-state index contributed by atoms with van der Waals surface area (Å²) in [5.74, 6) is -0.103. The summed E-state index contributed by atoms with van der Waals surface area (Å²) in [5, 5.41) is 3.09. The van der Waals surface area contributed by atoms with Crippen LogP contribution in [-0.2, 0) is 6.42 Å². The number of benzene rings is 1. The van der Waals surface area contributed by atoms with Gasteiger partial charge < -0.3 is 10.2 Å². The van der Waals surface area contributed by atoms with Crippen LogP contribution in [0.25, 0.3) is 5.52 Å². The summed E-state index contributed by atoms with van der Waals surface area (Å²) in [4.78, 5) is 32.8. The van der Waals surface area contributed by atoms with Crippen molar-refractivity contribution in [2.24, 2.45) is 0 Å². The number of hydrogen-bond acceptors (Lipinski definition) is 3. The van der Waals surface area contributed by atoms with Crippen LogP contribution in [0.2, 0.25) is 0 Å². The Morgan fingerprint density at radius 3 is 2.66 bits per heavy atom. The van der Waals surface area contributed by atoms with Crippen LogP contribution in [0.1, 0.15) is 59.3 Å². The highest BCUT2D eigenvalue weighted by Crippen LogP contribution is 2.33. The van der Waals surface area contributed by atoms with Gasteiger partial charge in [-0.1, -0.05) is 37.1 Å². The minimum Gasteiger partial charge on any atom is -0.347 e. The fraction of sp³-hybridized carbons (Fsp3) is 0.348. The number of carbonyl (C=O) groups excluding carboxylic acids is 2. The SMILES string of the molecule is CC1Cc2ccccc2N1C(=O)c1nc(C(=O)NC2CCCC2)n2ccccc12. The zero-order valence-electron chi connectivity index (χ0n) is 16.5. The number of carbonyl (C=O) groups is 2. The number of nitrogens with zero attached hydrogens (tertiary/aromatic N) is 3. The molecule has 0 spiro atoms. The van der Waals surface area contributed by atoms with Crippen molar-refractivity contribution in [3.63, 3.8) is 0 Å². The fourth-order valence-electron chi connectivity index (χ4n) is 4.66. The van der Waals surface area contributed by atoms with Crippen LogP contribution in [0.5, 0.6) is 0 Å². The maximum Gasteiger partial charge on any atom is 0.287 e. The average molecular weight is 388 g/mol. The molecule has 1 aliphatic carbocycles. The monoisotopic (exact) mass is 388 g/mol. The highest BCUT2D eigenvalue weighted by molar-refractivity contribution is 6.11. The molecule has 1 fully saturated rings. The van der Waals surface area contributed by atoms with E-state index < -0.39 is 0 Å². The molecule has 0 saturated heterocycles. The lowest BCUT2D eigenvalue weighted by Gasteiger charge is -2.21. The number of amides is 2. The summed E-state index contributed by atoms with van der Waals surface area (Å²) in [5.41, 5.74) is 3.08. The van der Waals surface area contributed by atoms with Gasteiger partial charge in [0.25, 0.3) is 11.8 Å². The third kappa shape index (κ3) is 2.99. The molecular weight excluding hydrogens is 364 g/mol. The van der Waals surface area contributed by atoms with Gasteiger partial charge in [0.1, 0.15) is 0 Å². The number of para-hydroxylation sites is 1. The normalized spacial score (nSPS) is 18.9. The summed E-state index contributed by atoms with van der Waals surface area (Å²) < 4.78 is 1.73. The van der Waals surface area contributed by atoms with Crippen molar-refractivity contribution in [2.45, 2.75) is 51.1 Å². The number of pyridine rings is 1. The predicted molar refractivity (Wildman–Crippen MR) is 111 cm³/mol. The molecule has 6 heteroatoms. The summed E-state index contributed by atoms with van der Waals surface area (Å²) >= 11 is 0. The zero-order chi connectivity index (χ0) is 20.0. The second-order valence-corrected chi connectivity index (χ2v) is 8.05. The second kappa shape index (κ2) is 7.03. The van der Waals surface area contributed by atoms with E-state index in [4.69, 9.17) is 0 Å². The minimum atomic E-state index is -0.216. The number of hydrogen-bond donors (Lipinski definition) is 1. The largest absolute Gasteiger partial charge is 0.347 e. The first-order chi connectivity index (χ1) is 14.1. The molecular formula is C23H24N4O2. The number of nitrogens with one attached hydrogen (secondary N) is 1. The summed E-state index contributed by atoms with van der Waals surface area (Å²) in [6.45, 7) is 2.05. The lowest BCUT2D eigenvalue weighted by atomic mass is 10.1. The van der Waals surface area contributed by atoms with Gasteiger partial charge in [-0.3, -0.25) is 14.0 Å². The van der Waals surface area contributed by atoms with Gasteiger partial charge in [0.2, 0.25) is 5.82 Å². The van der Waals surface area contributed by atoms with Crippen molar-refractivity contribution in [1.82, 2.24) is 14.7 Å². The Bertz CT molecular complexity index is 1100. The van der Waals surface area contributed by atoms with Gasteiger partial charge in [-0.05, 0) is 49.9 Å². The quantitative estimate of drug-likeness (QED) is 0.746. The molecule has 1 N–H and O–H groups in total.